The maximum absolute atomic E-state index is 12.0. The zero-order chi connectivity index (χ0) is 14.6. The van der Waals surface area contributed by atoms with E-state index in [1.165, 1.54) is 12.1 Å². The minimum Gasteiger partial charge on any atom is -0.350 e. The van der Waals surface area contributed by atoms with Crippen LogP contribution >= 0.6 is 0 Å². The summed E-state index contributed by atoms with van der Waals surface area (Å²) in [6.45, 7) is 7.18. The molecule has 1 rings (SSSR count). The molecule has 0 atom stereocenters. The van der Waals surface area contributed by atoms with E-state index < -0.39 is 10.0 Å². The van der Waals surface area contributed by atoms with Gasteiger partial charge in [-0.25, -0.2) is 13.1 Å². The number of nitrogens with one attached hydrogen (secondary N) is 2. The Balaban J connectivity index is 3.04. The molecular formula is C13H20N2O3S. The fourth-order valence-electron chi connectivity index (χ4n) is 1.53. The van der Waals surface area contributed by atoms with Crippen molar-refractivity contribution in [1.82, 2.24) is 10.0 Å². The van der Waals surface area contributed by atoms with Crippen LogP contribution in [0, 0.1) is 0 Å². The molecule has 0 aliphatic heterocycles. The lowest BCUT2D eigenvalue weighted by Gasteiger charge is -2.11. The molecule has 5 nitrogen and oxygen atoms in total. The summed E-state index contributed by atoms with van der Waals surface area (Å²) in [7, 11) is -3.57. The first-order valence-electron chi connectivity index (χ1n) is 6.15. The molecule has 0 spiro atoms. The topological polar surface area (TPSA) is 75.3 Å². The van der Waals surface area contributed by atoms with Crippen LogP contribution in [0.25, 0.3) is 0 Å². The van der Waals surface area contributed by atoms with Gasteiger partial charge in [-0.3, -0.25) is 4.79 Å². The van der Waals surface area contributed by atoms with Gasteiger partial charge in [-0.15, -0.1) is 0 Å². The van der Waals surface area contributed by atoms with Crippen molar-refractivity contribution in [1.29, 1.82) is 0 Å². The first-order chi connectivity index (χ1) is 8.72. The summed E-state index contributed by atoms with van der Waals surface area (Å²) < 4.78 is 26.5. The molecule has 2 N–H and O–H groups in total. The molecule has 1 amide bonds. The van der Waals surface area contributed by atoms with E-state index in [9.17, 15) is 13.2 Å². The van der Waals surface area contributed by atoms with Crippen molar-refractivity contribution in [2.24, 2.45) is 0 Å². The summed E-state index contributed by atoms with van der Waals surface area (Å²) in [5.74, 6) is -0.281. The minimum absolute atomic E-state index is 0.00144. The van der Waals surface area contributed by atoms with Crippen LogP contribution in [0.2, 0.25) is 0 Å². The van der Waals surface area contributed by atoms with E-state index in [4.69, 9.17) is 0 Å². The van der Waals surface area contributed by atoms with Crippen molar-refractivity contribution in [3.8, 4) is 0 Å². The molecule has 0 aliphatic rings. The number of carbonyl (C=O) groups excluding carboxylic acids is 1. The van der Waals surface area contributed by atoms with Crippen molar-refractivity contribution in [2.45, 2.75) is 44.7 Å². The maximum Gasteiger partial charge on any atom is 0.251 e. The lowest BCUT2D eigenvalue weighted by atomic mass is 10.2. The van der Waals surface area contributed by atoms with Gasteiger partial charge in [0.15, 0.2) is 0 Å². The predicted molar refractivity (Wildman–Crippen MR) is 74.5 cm³/mol. The van der Waals surface area contributed by atoms with Gasteiger partial charge in [-0.1, -0.05) is 6.07 Å². The second-order valence-corrected chi connectivity index (χ2v) is 6.65. The highest BCUT2D eigenvalue weighted by atomic mass is 32.2. The molecule has 0 saturated heterocycles. The Bertz CT molecular complexity index is 551. The highest BCUT2D eigenvalue weighted by molar-refractivity contribution is 7.89. The SMILES string of the molecule is CC(C)NC(=O)c1cccc(S(=O)(=O)NC(C)C)c1. The van der Waals surface area contributed by atoms with Crippen LogP contribution in [0.15, 0.2) is 29.2 Å². The van der Waals surface area contributed by atoms with E-state index >= 15 is 0 Å². The normalized spacial score (nSPS) is 11.9. The van der Waals surface area contributed by atoms with Crippen molar-refractivity contribution < 1.29 is 13.2 Å². The van der Waals surface area contributed by atoms with Gasteiger partial charge >= 0.3 is 0 Å². The largest absolute Gasteiger partial charge is 0.350 e. The Morgan fingerprint density at radius 2 is 1.74 bits per heavy atom. The van der Waals surface area contributed by atoms with Crippen LogP contribution in [0.3, 0.4) is 0 Å². The van der Waals surface area contributed by atoms with Crippen LogP contribution in [0.4, 0.5) is 0 Å². The predicted octanol–water partition coefficient (Wildman–Crippen LogP) is 1.51. The average Bonchev–Trinajstić information content (AvgIpc) is 2.26. The highest BCUT2D eigenvalue weighted by Crippen LogP contribution is 2.12. The first kappa shape index (κ1) is 15.7. The first-order valence-corrected chi connectivity index (χ1v) is 7.64. The van der Waals surface area contributed by atoms with Crippen molar-refractivity contribution >= 4 is 15.9 Å². The summed E-state index contributed by atoms with van der Waals surface area (Å²) in [5, 5.41) is 2.72. The van der Waals surface area contributed by atoms with Gasteiger partial charge in [0.25, 0.3) is 5.91 Å². The lowest BCUT2D eigenvalue weighted by Crippen LogP contribution is -2.32. The molecule has 106 valence electrons. The molecule has 0 heterocycles. The fraction of sp³-hybridized carbons (Fsp3) is 0.462. The molecule has 1 aromatic rings. The van der Waals surface area contributed by atoms with E-state index in [2.05, 4.69) is 10.0 Å². The zero-order valence-electron chi connectivity index (χ0n) is 11.6. The molecule has 0 aliphatic carbocycles. The third-order valence-corrected chi connectivity index (χ3v) is 3.87. The van der Waals surface area contributed by atoms with Crippen molar-refractivity contribution in [2.75, 3.05) is 0 Å². The minimum atomic E-state index is -3.57. The molecule has 0 fully saturated rings. The summed E-state index contributed by atoms with van der Waals surface area (Å²) in [6, 6.07) is 5.80. The van der Waals surface area contributed by atoms with Gasteiger partial charge in [0.05, 0.1) is 4.90 Å². The zero-order valence-corrected chi connectivity index (χ0v) is 12.4. The fourth-order valence-corrected chi connectivity index (χ4v) is 2.82. The molecule has 1 aromatic carbocycles. The van der Waals surface area contributed by atoms with Crippen LogP contribution < -0.4 is 10.0 Å². The molecular weight excluding hydrogens is 264 g/mol. The number of hydrogen-bond acceptors (Lipinski definition) is 3. The van der Waals surface area contributed by atoms with E-state index in [0.717, 1.165) is 0 Å². The number of hydrogen-bond donors (Lipinski definition) is 2. The Morgan fingerprint density at radius 3 is 2.26 bits per heavy atom. The molecule has 0 unspecified atom stereocenters. The van der Waals surface area contributed by atoms with Crippen LogP contribution in [-0.2, 0) is 10.0 Å². The summed E-state index contributed by atoms with van der Waals surface area (Å²) in [5.41, 5.74) is 0.334. The van der Waals surface area contributed by atoms with Crippen LogP contribution in [0.5, 0.6) is 0 Å². The van der Waals surface area contributed by atoms with E-state index in [1.54, 1.807) is 26.0 Å². The second-order valence-electron chi connectivity index (χ2n) is 4.93. The van der Waals surface area contributed by atoms with Gasteiger partial charge in [-0.2, -0.15) is 0 Å². The molecule has 0 bridgehead atoms. The molecule has 0 radical (unpaired) electrons. The van der Waals surface area contributed by atoms with Crippen LogP contribution in [0.1, 0.15) is 38.1 Å². The van der Waals surface area contributed by atoms with Gasteiger partial charge in [0.1, 0.15) is 0 Å². The van der Waals surface area contributed by atoms with E-state index in [-0.39, 0.29) is 22.9 Å². The molecule has 19 heavy (non-hydrogen) atoms. The van der Waals surface area contributed by atoms with Gasteiger partial charge in [-0.05, 0) is 45.9 Å². The summed E-state index contributed by atoms with van der Waals surface area (Å²) >= 11 is 0. The number of amides is 1. The van der Waals surface area contributed by atoms with Crippen molar-refractivity contribution in [3.05, 3.63) is 29.8 Å². The Kier molecular flexibility index (Phi) is 5.08. The molecule has 0 aromatic heterocycles. The van der Waals surface area contributed by atoms with Gasteiger partial charge in [0, 0.05) is 17.6 Å². The number of sulfonamides is 1. The Morgan fingerprint density at radius 1 is 1.11 bits per heavy atom. The van der Waals surface area contributed by atoms with E-state index in [0.29, 0.717) is 5.56 Å². The van der Waals surface area contributed by atoms with E-state index in [1.807, 2.05) is 13.8 Å². The van der Waals surface area contributed by atoms with Crippen molar-refractivity contribution in [3.63, 3.8) is 0 Å². The Labute approximate surface area is 114 Å². The highest BCUT2D eigenvalue weighted by Gasteiger charge is 2.17. The summed E-state index contributed by atoms with van der Waals surface area (Å²) in [4.78, 5) is 11.9. The van der Waals surface area contributed by atoms with Gasteiger partial charge in [0.2, 0.25) is 10.0 Å². The number of carbonyl (C=O) groups is 1. The third kappa shape index (κ3) is 4.65. The summed E-state index contributed by atoms with van der Waals surface area (Å²) in [6.07, 6.45) is 0. The monoisotopic (exact) mass is 284 g/mol. The quantitative estimate of drug-likeness (QED) is 0.860. The van der Waals surface area contributed by atoms with Crippen LogP contribution in [-0.4, -0.2) is 26.4 Å². The van der Waals surface area contributed by atoms with Gasteiger partial charge < -0.3 is 5.32 Å². The molecule has 0 saturated carbocycles. The second kappa shape index (κ2) is 6.16. The smallest absolute Gasteiger partial charge is 0.251 e. The number of benzene rings is 1. The molecule has 6 heteroatoms. The maximum atomic E-state index is 12.0. The average molecular weight is 284 g/mol. The third-order valence-electron chi connectivity index (χ3n) is 2.22. The standard InChI is InChI=1S/C13H20N2O3S/c1-9(2)14-13(16)11-6-5-7-12(8-11)19(17,18)15-10(3)4/h5-10,15H,1-4H3,(H,14,16). The Hall–Kier alpha value is -1.40. The lowest BCUT2D eigenvalue weighted by molar-refractivity contribution is 0.0943. The number of rotatable bonds is 5.